The Balaban J connectivity index is 1.59. The summed E-state index contributed by atoms with van der Waals surface area (Å²) in [6, 6.07) is 15.2. The number of hydrogen-bond acceptors (Lipinski definition) is 3. The molecule has 5 heteroatoms. The summed E-state index contributed by atoms with van der Waals surface area (Å²) >= 11 is 0. The van der Waals surface area contributed by atoms with E-state index < -0.39 is 0 Å². The predicted molar refractivity (Wildman–Crippen MR) is 109 cm³/mol. The van der Waals surface area contributed by atoms with Gasteiger partial charge in [0.1, 0.15) is 0 Å². The van der Waals surface area contributed by atoms with Crippen LogP contribution < -0.4 is 10.6 Å². The van der Waals surface area contributed by atoms with Crippen molar-refractivity contribution in [3.8, 4) is 0 Å². The van der Waals surface area contributed by atoms with Crippen LogP contribution in [0.1, 0.15) is 48.5 Å². The second kappa shape index (κ2) is 8.71. The topological polar surface area (TPSA) is 61.4 Å². The molecule has 142 valence electrons. The van der Waals surface area contributed by atoms with Gasteiger partial charge in [-0.05, 0) is 48.6 Å². The van der Waals surface area contributed by atoms with Crippen molar-refractivity contribution in [2.24, 2.45) is 0 Å². The summed E-state index contributed by atoms with van der Waals surface area (Å²) < 4.78 is 0. The summed E-state index contributed by atoms with van der Waals surface area (Å²) in [5, 5.41) is 6.08. The Morgan fingerprint density at radius 2 is 1.78 bits per heavy atom. The molecule has 0 aromatic heterocycles. The number of rotatable bonds is 6. The molecule has 2 amide bonds. The second-order valence-electron chi connectivity index (χ2n) is 7.22. The SMILES string of the molecule is CC(C)c1ccccc1NC(=O)CNc1cccc(C(=O)N2CCCC2)c1. The van der Waals surface area contributed by atoms with Gasteiger partial charge in [0.25, 0.3) is 5.91 Å². The Morgan fingerprint density at radius 3 is 2.52 bits per heavy atom. The lowest BCUT2D eigenvalue weighted by Crippen LogP contribution is -2.27. The predicted octanol–water partition coefficient (Wildman–Crippen LogP) is 4.10. The maximum absolute atomic E-state index is 12.5. The summed E-state index contributed by atoms with van der Waals surface area (Å²) in [4.78, 5) is 26.7. The van der Waals surface area contributed by atoms with Crippen molar-refractivity contribution in [3.05, 3.63) is 59.7 Å². The van der Waals surface area contributed by atoms with Gasteiger partial charge in [0.05, 0.1) is 6.54 Å². The molecule has 2 aromatic carbocycles. The highest BCUT2D eigenvalue weighted by molar-refractivity contribution is 5.96. The zero-order valence-electron chi connectivity index (χ0n) is 16.0. The van der Waals surface area contributed by atoms with Gasteiger partial charge in [-0.3, -0.25) is 9.59 Å². The molecule has 2 N–H and O–H groups in total. The average molecular weight is 365 g/mol. The molecule has 1 heterocycles. The monoisotopic (exact) mass is 365 g/mol. The van der Waals surface area contributed by atoms with Crippen LogP contribution in [0.3, 0.4) is 0 Å². The summed E-state index contributed by atoms with van der Waals surface area (Å²) in [5.74, 6) is 0.286. The Labute approximate surface area is 160 Å². The molecule has 1 aliphatic heterocycles. The van der Waals surface area contributed by atoms with Gasteiger partial charge in [-0.25, -0.2) is 0 Å². The number of anilines is 2. The van der Waals surface area contributed by atoms with Crippen LogP contribution in [0.25, 0.3) is 0 Å². The Morgan fingerprint density at radius 1 is 1.04 bits per heavy atom. The molecule has 0 aliphatic carbocycles. The Hall–Kier alpha value is -2.82. The van der Waals surface area contributed by atoms with Crippen LogP contribution in [-0.2, 0) is 4.79 Å². The molecular formula is C22H27N3O2. The van der Waals surface area contributed by atoms with Gasteiger partial charge in [0.15, 0.2) is 0 Å². The van der Waals surface area contributed by atoms with Crippen molar-refractivity contribution in [1.82, 2.24) is 4.90 Å². The number of para-hydroxylation sites is 1. The highest BCUT2D eigenvalue weighted by Gasteiger charge is 2.19. The lowest BCUT2D eigenvalue weighted by Gasteiger charge is -2.16. The first kappa shape index (κ1) is 19.0. The lowest BCUT2D eigenvalue weighted by molar-refractivity contribution is -0.114. The quantitative estimate of drug-likeness (QED) is 0.810. The summed E-state index contributed by atoms with van der Waals surface area (Å²) in [6.07, 6.45) is 2.14. The van der Waals surface area contributed by atoms with Gasteiger partial charge in [-0.1, -0.05) is 38.1 Å². The van der Waals surface area contributed by atoms with Crippen LogP contribution in [0.2, 0.25) is 0 Å². The summed E-state index contributed by atoms with van der Waals surface area (Å²) in [5.41, 5.74) is 3.39. The van der Waals surface area contributed by atoms with E-state index in [1.54, 1.807) is 0 Å². The Kier molecular flexibility index (Phi) is 6.12. The molecule has 1 saturated heterocycles. The van der Waals surface area contributed by atoms with E-state index in [-0.39, 0.29) is 18.4 Å². The highest BCUT2D eigenvalue weighted by Crippen LogP contribution is 2.23. The number of amides is 2. The first-order valence-electron chi connectivity index (χ1n) is 9.56. The minimum absolute atomic E-state index is 0.0615. The number of carbonyl (C=O) groups is 2. The third-order valence-electron chi connectivity index (χ3n) is 4.81. The minimum atomic E-state index is -0.112. The molecule has 1 fully saturated rings. The smallest absolute Gasteiger partial charge is 0.253 e. The van der Waals surface area contributed by atoms with Crippen LogP contribution in [0.5, 0.6) is 0 Å². The zero-order valence-corrected chi connectivity index (χ0v) is 16.0. The number of likely N-dealkylation sites (tertiary alicyclic amines) is 1. The van der Waals surface area contributed by atoms with Gasteiger partial charge in [-0.2, -0.15) is 0 Å². The van der Waals surface area contributed by atoms with Gasteiger partial charge in [0, 0.05) is 30.0 Å². The molecule has 1 aliphatic rings. The van der Waals surface area contributed by atoms with Crippen molar-refractivity contribution in [2.75, 3.05) is 30.3 Å². The molecule has 3 rings (SSSR count). The van der Waals surface area contributed by atoms with Crippen molar-refractivity contribution >= 4 is 23.2 Å². The van der Waals surface area contributed by atoms with Crippen molar-refractivity contribution in [3.63, 3.8) is 0 Å². The van der Waals surface area contributed by atoms with E-state index in [0.29, 0.717) is 11.5 Å². The van der Waals surface area contributed by atoms with Crippen LogP contribution in [-0.4, -0.2) is 36.3 Å². The van der Waals surface area contributed by atoms with E-state index in [1.807, 2.05) is 53.4 Å². The highest BCUT2D eigenvalue weighted by atomic mass is 16.2. The molecule has 0 bridgehead atoms. The third kappa shape index (κ3) is 4.88. The van der Waals surface area contributed by atoms with Gasteiger partial charge >= 0.3 is 0 Å². The molecule has 0 unspecified atom stereocenters. The normalized spacial score (nSPS) is 13.7. The van der Waals surface area contributed by atoms with Gasteiger partial charge in [0.2, 0.25) is 5.91 Å². The van der Waals surface area contributed by atoms with Crippen molar-refractivity contribution < 1.29 is 9.59 Å². The van der Waals surface area contributed by atoms with Gasteiger partial charge in [-0.15, -0.1) is 0 Å². The first-order valence-corrected chi connectivity index (χ1v) is 9.56. The molecular weight excluding hydrogens is 338 g/mol. The summed E-state index contributed by atoms with van der Waals surface area (Å²) in [6.45, 7) is 6.01. The average Bonchev–Trinajstić information content (AvgIpc) is 3.21. The fourth-order valence-electron chi connectivity index (χ4n) is 3.36. The molecule has 27 heavy (non-hydrogen) atoms. The molecule has 5 nitrogen and oxygen atoms in total. The number of benzene rings is 2. The molecule has 0 radical (unpaired) electrons. The third-order valence-corrected chi connectivity index (χ3v) is 4.81. The van der Waals surface area contributed by atoms with Crippen LogP contribution in [0.15, 0.2) is 48.5 Å². The van der Waals surface area contributed by atoms with E-state index in [9.17, 15) is 9.59 Å². The number of nitrogens with zero attached hydrogens (tertiary/aromatic N) is 1. The van der Waals surface area contributed by atoms with Crippen LogP contribution in [0, 0.1) is 0 Å². The largest absolute Gasteiger partial charge is 0.376 e. The second-order valence-corrected chi connectivity index (χ2v) is 7.22. The summed E-state index contributed by atoms with van der Waals surface area (Å²) in [7, 11) is 0. The van der Waals surface area contributed by atoms with E-state index in [0.717, 1.165) is 42.9 Å². The first-order chi connectivity index (χ1) is 13.0. The Bertz CT molecular complexity index is 811. The van der Waals surface area contributed by atoms with Gasteiger partial charge < -0.3 is 15.5 Å². The maximum Gasteiger partial charge on any atom is 0.253 e. The standard InChI is InChI=1S/C22H27N3O2/c1-16(2)19-10-3-4-11-20(19)24-21(26)15-23-18-9-7-8-17(14-18)22(27)25-12-5-6-13-25/h3-4,7-11,14,16,23H,5-6,12-13,15H2,1-2H3,(H,24,26). The van der Waals surface area contributed by atoms with Crippen molar-refractivity contribution in [1.29, 1.82) is 0 Å². The fourth-order valence-corrected chi connectivity index (χ4v) is 3.36. The number of nitrogens with one attached hydrogen (secondary N) is 2. The van der Waals surface area contributed by atoms with Crippen molar-refractivity contribution in [2.45, 2.75) is 32.6 Å². The van der Waals surface area contributed by atoms with E-state index >= 15 is 0 Å². The van der Waals surface area contributed by atoms with E-state index in [4.69, 9.17) is 0 Å². The maximum atomic E-state index is 12.5. The number of carbonyl (C=O) groups excluding carboxylic acids is 2. The molecule has 2 aromatic rings. The zero-order chi connectivity index (χ0) is 19.2. The number of hydrogen-bond donors (Lipinski definition) is 2. The lowest BCUT2D eigenvalue weighted by atomic mass is 10.0. The molecule has 0 atom stereocenters. The molecule has 0 spiro atoms. The van der Waals surface area contributed by atoms with E-state index in [2.05, 4.69) is 24.5 Å². The van der Waals surface area contributed by atoms with Crippen LogP contribution >= 0.6 is 0 Å². The fraction of sp³-hybridized carbons (Fsp3) is 0.364. The minimum Gasteiger partial charge on any atom is -0.376 e. The molecule has 0 saturated carbocycles. The van der Waals surface area contributed by atoms with Crippen LogP contribution in [0.4, 0.5) is 11.4 Å². The van der Waals surface area contributed by atoms with E-state index in [1.165, 1.54) is 0 Å².